The van der Waals surface area contributed by atoms with Crippen molar-refractivity contribution in [1.82, 2.24) is 5.32 Å². The lowest BCUT2D eigenvalue weighted by atomic mass is 9.90. The number of halogens is 1. The lowest BCUT2D eigenvalue weighted by Gasteiger charge is -2.31. The molecule has 1 unspecified atom stereocenters. The largest absolute Gasteiger partial charge is 0.349 e. The van der Waals surface area contributed by atoms with E-state index in [2.05, 4.69) is 19.2 Å². The summed E-state index contributed by atoms with van der Waals surface area (Å²) in [6, 6.07) is 7.31. The summed E-state index contributed by atoms with van der Waals surface area (Å²) in [4.78, 5) is 12.1. The molecule has 1 rings (SSSR count). The maximum absolute atomic E-state index is 12.1. The fourth-order valence-electron chi connectivity index (χ4n) is 2.25. The Balaban J connectivity index is 2.60. The Morgan fingerprint density at radius 1 is 1.37 bits per heavy atom. The SMILES string of the molecule is CC(C)CC(C)(CN)NC(=O)Cc1ccc(Cl)cc1. The molecule has 3 N–H and O–H groups in total. The van der Waals surface area contributed by atoms with Gasteiger partial charge in [-0.2, -0.15) is 0 Å². The number of hydrogen-bond donors (Lipinski definition) is 2. The van der Waals surface area contributed by atoms with Gasteiger partial charge < -0.3 is 11.1 Å². The van der Waals surface area contributed by atoms with E-state index in [1.807, 2.05) is 19.1 Å². The Morgan fingerprint density at radius 3 is 2.42 bits per heavy atom. The molecule has 1 amide bonds. The zero-order valence-electron chi connectivity index (χ0n) is 11.9. The second-order valence-corrected chi connectivity index (χ2v) is 6.15. The predicted octanol–water partition coefficient (Wildman–Crippen LogP) is 2.76. The van der Waals surface area contributed by atoms with Crippen molar-refractivity contribution in [2.45, 2.75) is 39.2 Å². The zero-order valence-corrected chi connectivity index (χ0v) is 12.6. The first-order chi connectivity index (χ1) is 8.84. The first-order valence-electron chi connectivity index (χ1n) is 6.60. The maximum Gasteiger partial charge on any atom is 0.224 e. The minimum absolute atomic E-state index is 0.00378. The monoisotopic (exact) mass is 282 g/mol. The molecule has 19 heavy (non-hydrogen) atoms. The van der Waals surface area contributed by atoms with E-state index in [9.17, 15) is 4.79 Å². The van der Waals surface area contributed by atoms with Gasteiger partial charge in [0, 0.05) is 17.1 Å². The molecule has 0 saturated carbocycles. The quantitative estimate of drug-likeness (QED) is 0.843. The van der Waals surface area contributed by atoms with E-state index >= 15 is 0 Å². The topological polar surface area (TPSA) is 55.1 Å². The predicted molar refractivity (Wildman–Crippen MR) is 80.2 cm³/mol. The second-order valence-electron chi connectivity index (χ2n) is 5.71. The van der Waals surface area contributed by atoms with Gasteiger partial charge in [0.1, 0.15) is 0 Å². The van der Waals surface area contributed by atoms with E-state index in [0.29, 0.717) is 23.9 Å². The van der Waals surface area contributed by atoms with E-state index in [0.717, 1.165) is 12.0 Å². The molecule has 0 aliphatic heterocycles. The Labute approximate surface area is 120 Å². The van der Waals surface area contributed by atoms with Gasteiger partial charge in [-0.1, -0.05) is 37.6 Å². The van der Waals surface area contributed by atoms with Crippen LogP contribution in [0.15, 0.2) is 24.3 Å². The van der Waals surface area contributed by atoms with Crippen molar-refractivity contribution in [2.24, 2.45) is 11.7 Å². The molecule has 0 bridgehead atoms. The van der Waals surface area contributed by atoms with Crippen LogP contribution in [-0.2, 0) is 11.2 Å². The van der Waals surface area contributed by atoms with E-state index in [-0.39, 0.29) is 11.4 Å². The van der Waals surface area contributed by atoms with Crippen LogP contribution in [-0.4, -0.2) is 18.0 Å². The third kappa shape index (κ3) is 5.62. The Kier molecular flexibility index (Phi) is 5.83. The number of nitrogens with one attached hydrogen (secondary N) is 1. The van der Waals surface area contributed by atoms with Crippen molar-refractivity contribution in [2.75, 3.05) is 6.54 Å². The highest BCUT2D eigenvalue weighted by atomic mass is 35.5. The van der Waals surface area contributed by atoms with Gasteiger partial charge >= 0.3 is 0 Å². The molecular formula is C15H23ClN2O. The molecule has 0 saturated heterocycles. The van der Waals surface area contributed by atoms with Crippen LogP contribution >= 0.6 is 11.6 Å². The highest BCUT2D eigenvalue weighted by Crippen LogP contribution is 2.16. The third-order valence-electron chi connectivity index (χ3n) is 3.03. The van der Waals surface area contributed by atoms with Crippen molar-refractivity contribution in [1.29, 1.82) is 0 Å². The fourth-order valence-corrected chi connectivity index (χ4v) is 2.38. The lowest BCUT2D eigenvalue weighted by molar-refractivity contribution is -0.122. The number of carbonyl (C=O) groups excluding carboxylic acids is 1. The Bertz CT molecular complexity index is 417. The van der Waals surface area contributed by atoms with Crippen LogP contribution in [0.3, 0.4) is 0 Å². The van der Waals surface area contributed by atoms with Gasteiger partial charge in [-0.3, -0.25) is 4.79 Å². The van der Waals surface area contributed by atoms with E-state index in [1.165, 1.54) is 0 Å². The summed E-state index contributed by atoms with van der Waals surface area (Å²) >= 11 is 5.82. The molecule has 0 heterocycles. The first kappa shape index (κ1) is 16.0. The van der Waals surface area contributed by atoms with Crippen molar-refractivity contribution in [3.63, 3.8) is 0 Å². The van der Waals surface area contributed by atoms with Crippen molar-refractivity contribution < 1.29 is 4.79 Å². The minimum Gasteiger partial charge on any atom is -0.349 e. The van der Waals surface area contributed by atoms with Gasteiger partial charge in [0.2, 0.25) is 5.91 Å². The average molecular weight is 283 g/mol. The summed E-state index contributed by atoms with van der Waals surface area (Å²) in [7, 11) is 0. The van der Waals surface area contributed by atoms with Gasteiger partial charge in [0.15, 0.2) is 0 Å². The molecule has 4 heteroatoms. The molecule has 106 valence electrons. The van der Waals surface area contributed by atoms with Crippen LogP contribution < -0.4 is 11.1 Å². The number of carbonyl (C=O) groups is 1. The number of nitrogens with two attached hydrogens (primary N) is 1. The average Bonchev–Trinajstić information content (AvgIpc) is 2.31. The lowest BCUT2D eigenvalue weighted by Crippen LogP contribution is -2.52. The molecule has 0 aliphatic rings. The Hall–Kier alpha value is -1.06. The van der Waals surface area contributed by atoms with Gasteiger partial charge in [-0.05, 0) is 37.0 Å². The van der Waals surface area contributed by atoms with Gasteiger partial charge in [-0.15, -0.1) is 0 Å². The van der Waals surface area contributed by atoms with Crippen LogP contribution in [0.25, 0.3) is 0 Å². The normalized spacial score (nSPS) is 14.2. The van der Waals surface area contributed by atoms with E-state index in [4.69, 9.17) is 17.3 Å². The van der Waals surface area contributed by atoms with Crippen LogP contribution in [0.5, 0.6) is 0 Å². The smallest absolute Gasteiger partial charge is 0.224 e. The molecule has 1 aromatic rings. The molecule has 3 nitrogen and oxygen atoms in total. The maximum atomic E-state index is 12.1. The Morgan fingerprint density at radius 2 is 1.95 bits per heavy atom. The molecule has 0 aliphatic carbocycles. The summed E-state index contributed by atoms with van der Waals surface area (Å²) in [6.45, 7) is 6.68. The summed E-state index contributed by atoms with van der Waals surface area (Å²) < 4.78 is 0. The molecule has 1 aromatic carbocycles. The third-order valence-corrected chi connectivity index (χ3v) is 3.28. The standard InChI is InChI=1S/C15H23ClN2O/c1-11(2)9-15(3,10-17)18-14(19)8-12-4-6-13(16)7-5-12/h4-7,11H,8-10,17H2,1-3H3,(H,18,19). The van der Waals surface area contributed by atoms with Crippen molar-refractivity contribution in [3.8, 4) is 0 Å². The molecular weight excluding hydrogens is 260 g/mol. The number of benzene rings is 1. The van der Waals surface area contributed by atoms with Gasteiger partial charge in [0.25, 0.3) is 0 Å². The van der Waals surface area contributed by atoms with Crippen molar-refractivity contribution in [3.05, 3.63) is 34.9 Å². The zero-order chi connectivity index (χ0) is 14.5. The highest BCUT2D eigenvalue weighted by Gasteiger charge is 2.25. The molecule has 0 aromatic heterocycles. The van der Waals surface area contributed by atoms with Crippen LogP contribution in [0.1, 0.15) is 32.8 Å². The molecule has 0 radical (unpaired) electrons. The summed E-state index contributed by atoms with van der Waals surface area (Å²) in [5.74, 6) is 0.486. The molecule has 0 fully saturated rings. The molecule has 0 spiro atoms. The van der Waals surface area contributed by atoms with Crippen LogP contribution in [0.4, 0.5) is 0 Å². The summed E-state index contributed by atoms with van der Waals surface area (Å²) in [6.07, 6.45) is 1.22. The number of rotatable bonds is 6. The first-order valence-corrected chi connectivity index (χ1v) is 6.98. The second kappa shape index (κ2) is 6.92. The van der Waals surface area contributed by atoms with Crippen LogP contribution in [0, 0.1) is 5.92 Å². The van der Waals surface area contributed by atoms with Gasteiger partial charge in [-0.25, -0.2) is 0 Å². The fraction of sp³-hybridized carbons (Fsp3) is 0.533. The molecule has 1 atom stereocenters. The summed E-state index contributed by atoms with van der Waals surface area (Å²) in [5.41, 5.74) is 6.40. The van der Waals surface area contributed by atoms with Crippen LogP contribution in [0.2, 0.25) is 5.02 Å². The number of hydrogen-bond acceptors (Lipinski definition) is 2. The summed E-state index contributed by atoms with van der Waals surface area (Å²) in [5, 5.41) is 3.72. The highest BCUT2D eigenvalue weighted by molar-refractivity contribution is 6.30. The van der Waals surface area contributed by atoms with E-state index in [1.54, 1.807) is 12.1 Å². The minimum atomic E-state index is -0.336. The van der Waals surface area contributed by atoms with E-state index < -0.39 is 0 Å². The van der Waals surface area contributed by atoms with Crippen molar-refractivity contribution >= 4 is 17.5 Å². The number of amides is 1. The van der Waals surface area contributed by atoms with Gasteiger partial charge in [0.05, 0.1) is 6.42 Å².